The van der Waals surface area contributed by atoms with Gasteiger partial charge >= 0.3 is 5.97 Å². The van der Waals surface area contributed by atoms with Gasteiger partial charge in [-0.1, -0.05) is 53.7 Å². The molecule has 8 nitrogen and oxygen atoms in total. The van der Waals surface area contributed by atoms with Crippen molar-refractivity contribution in [2.75, 3.05) is 19.8 Å². The Morgan fingerprint density at radius 2 is 1.85 bits per heavy atom. The summed E-state index contributed by atoms with van der Waals surface area (Å²) in [7, 11) is 0. The van der Waals surface area contributed by atoms with Crippen LogP contribution in [0.1, 0.15) is 93.9 Å². The molecule has 3 aliphatic rings. The topological polar surface area (TPSA) is 96.4 Å². The average Bonchev–Trinajstić information content (AvgIpc) is 3.47. The molecule has 0 radical (unpaired) electrons. The van der Waals surface area contributed by atoms with Crippen LogP contribution < -0.4 is 0 Å². The smallest absolute Gasteiger partial charge is 0.312 e. The van der Waals surface area contributed by atoms with E-state index in [1.54, 1.807) is 17.1 Å². The molecular weight excluding hydrogens is 520 g/mol. The summed E-state index contributed by atoms with van der Waals surface area (Å²) in [5, 5.41) is 10.6. The molecule has 3 rings (SSSR count). The summed E-state index contributed by atoms with van der Waals surface area (Å²) in [6, 6.07) is -1.54. The van der Waals surface area contributed by atoms with Gasteiger partial charge in [0, 0.05) is 12.1 Å². The van der Waals surface area contributed by atoms with Gasteiger partial charge in [-0.2, -0.15) is 0 Å². The predicted octanol–water partition coefficient (Wildman–Crippen LogP) is 4.90. The number of hydrogen-bond donors (Lipinski definition) is 1. The molecule has 1 N–H and O–H groups in total. The number of amides is 2. The van der Waals surface area contributed by atoms with E-state index in [4.69, 9.17) is 9.47 Å². The normalized spacial score (nSPS) is 30.0. The van der Waals surface area contributed by atoms with E-state index in [9.17, 15) is 19.5 Å². The highest BCUT2D eigenvalue weighted by Crippen LogP contribution is 2.65. The molecule has 41 heavy (non-hydrogen) atoms. The van der Waals surface area contributed by atoms with Crippen molar-refractivity contribution in [1.29, 1.82) is 0 Å². The minimum Gasteiger partial charge on any atom is -0.465 e. The van der Waals surface area contributed by atoms with Gasteiger partial charge in [0.15, 0.2) is 0 Å². The number of carbonyl (C=O) groups excluding carboxylic acids is 3. The second-order valence-corrected chi connectivity index (χ2v) is 14.6. The number of likely N-dealkylation sites (tertiary alicyclic amines) is 1. The summed E-state index contributed by atoms with van der Waals surface area (Å²) in [5.41, 5.74) is -2.65. The van der Waals surface area contributed by atoms with E-state index < -0.39 is 46.6 Å². The van der Waals surface area contributed by atoms with E-state index in [0.717, 1.165) is 6.42 Å². The van der Waals surface area contributed by atoms with Crippen LogP contribution in [0.2, 0.25) is 0 Å². The number of aliphatic hydroxyl groups excluding tert-OH is 1. The first-order valence-electron chi connectivity index (χ1n) is 15.4. The Labute approximate surface area is 247 Å². The van der Waals surface area contributed by atoms with Crippen molar-refractivity contribution < 1.29 is 29.0 Å². The lowest BCUT2D eigenvalue weighted by atomic mass is 9.65. The molecule has 0 aromatic heterocycles. The summed E-state index contributed by atoms with van der Waals surface area (Å²) in [4.78, 5) is 46.5. The highest BCUT2D eigenvalue weighted by atomic mass is 16.6. The number of rotatable bonds is 14. The van der Waals surface area contributed by atoms with Crippen molar-refractivity contribution in [3.05, 3.63) is 25.3 Å². The van der Waals surface area contributed by atoms with Gasteiger partial charge < -0.3 is 24.4 Å². The molecule has 3 heterocycles. The summed E-state index contributed by atoms with van der Waals surface area (Å²) in [6.07, 6.45) is 6.74. The van der Waals surface area contributed by atoms with Gasteiger partial charge in [0.2, 0.25) is 11.8 Å². The molecule has 0 aromatic carbocycles. The van der Waals surface area contributed by atoms with Gasteiger partial charge in [0.25, 0.3) is 0 Å². The lowest BCUT2D eigenvalue weighted by Crippen LogP contribution is -2.62. The van der Waals surface area contributed by atoms with Gasteiger partial charge in [0.05, 0.1) is 30.8 Å². The molecule has 3 saturated heterocycles. The molecule has 6 atom stereocenters. The molecule has 232 valence electrons. The first-order valence-corrected chi connectivity index (χ1v) is 15.4. The molecule has 8 heteroatoms. The van der Waals surface area contributed by atoms with Crippen LogP contribution in [0.25, 0.3) is 0 Å². The zero-order chi connectivity index (χ0) is 31.0. The summed E-state index contributed by atoms with van der Waals surface area (Å²) in [6.45, 7) is 24.4. The number of aliphatic hydroxyl groups is 1. The van der Waals surface area contributed by atoms with Crippen LogP contribution in [-0.4, -0.2) is 81.3 Å². The molecule has 3 fully saturated rings. The number of esters is 1. The zero-order valence-corrected chi connectivity index (χ0v) is 26.7. The van der Waals surface area contributed by atoms with E-state index in [2.05, 4.69) is 33.9 Å². The molecule has 2 bridgehead atoms. The van der Waals surface area contributed by atoms with Crippen molar-refractivity contribution in [1.82, 2.24) is 9.80 Å². The lowest BCUT2D eigenvalue weighted by molar-refractivity contribution is -0.165. The quantitative estimate of drug-likeness (QED) is 0.180. The fourth-order valence-electron chi connectivity index (χ4n) is 8.15. The predicted molar refractivity (Wildman–Crippen MR) is 160 cm³/mol. The van der Waals surface area contributed by atoms with E-state index in [0.29, 0.717) is 38.6 Å². The molecule has 0 aliphatic carbocycles. The van der Waals surface area contributed by atoms with E-state index in [1.165, 1.54) is 0 Å². The zero-order valence-electron chi connectivity index (χ0n) is 26.7. The third-order valence-electron chi connectivity index (χ3n) is 9.29. The monoisotopic (exact) mass is 574 g/mol. The maximum atomic E-state index is 14.9. The fraction of sp³-hybridized carbons (Fsp3) is 0.788. The first-order chi connectivity index (χ1) is 19.1. The van der Waals surface area contributed by atoms with Crippen molar-refractivity contribution in [3.63, 3.8) is 0 Å². The molecule has 2 unspecified atom stereocenters. The second kappa shape index (κ2) is 12.2. The third kappa shape index (κ3) is 6.01. The molecule has 0 saturated carbocycles. The Morgan fingerprint density at radius 1 is 1.20 bits per heavy atom. The van der Waals surface area contributed by atoms with Crippen molar-refractivity contribution in [2.45, 2.75) is 123 Å². The Hall–Kier alpha value is -2.19. The molecule has 1 spiro atoms. The Morgan fingerprint density at radius 3 is 2.37 bits per heavy atom. The number of ether oxygens (including phenoxy) is 2. The Bertz CT molecular complexity index is 1020. The summed E-state index contributed by atoms with van der Waals surface area (Å²) >= 11 is 0. The summed E-state index contributed by atoms with van der Waals surface area (Å²) < 4.78 is 12.6. The van der Waals surface area contributed by atoms with E-state index in [1.807, 2.05) is 39.5 Å². The van der Waals surface area contributed by atoms with E-state index in [-0.39, 0.29) is 36.4 Å². The second-order valence-electron chi connectivity index (χ2n) is 14.6. The number of fused-ring (bicyclic) bond motifs is 1. The van der Waals surface area contributed by atoms with Gasteiger partial charge in [-0.05, 0) is 63.7 Å². The number of hydrogen-bond acceptors (Lipinski definition) is 6. The van der Waals surface area contributed by atoms with Crippen molar-refractivity contribution >= 4 is 17.8 Å². The first kappa shape index (κ1) is 33.3. The summed E-state index contributed by atoms with van der Waals surface area (Å²) in [5.74, 6) is -2.46. The molecule has 0 aromatic rings. The molecule has 2 amide bonds. The average molecular weight is 575 g/mol. The largest absolute Gasteiger partial charge is 0.465 e. The van der Waals surface area contributed by atoms with Gasteiger partial charge in [-0.15, -0.1) is 13.2 Å². The van der Waals surface area contributed by atoms with Crippen LogP contribution in [-0.2, 0) is 23.9 Å². The number of carbonyl (C=O) groups is 3. The van der Waals surface area contributed by atoms with Gasteiger partial charge in [0.1, 0.15) is 17.6 Å². The van der Waals surface area contributed by atoms with Crippen LogP contribution >= 0.6 is 0 Å². The standard InChI is InChI=1S/C33H54N2O6/c1-11-14-18-40-29(39)25-24-27(37)35(23(20-36)19-22(4)5)26(33(24)16-15-32(25,13-3)41-33)28(38)34(17-12-2)31(9,10)21-30(6,7)8/h11-12,22-26,36H,1-2,13-21H2,3-10H3/t23-,24+,25+,26?,32-,33?/m1/s1. The third-order valence-corrected chi connectivity index (χ3v) is 9.29. The highest BCUT2D eigenvalue weighted by molar-refractivity contribution is 5.99. The lowest BCUT2D eigenvalue weighted by Gasteiger charge is -2.46. The van der Waals surface area contributed by atoms with E-state index >= 15 is 0 Å². The number of nitrogens with zero attached hydrogens (tertiary/aromatic N) is 2. The van der Waals surface area contributed by atoms with Gasteiger partial charge in [-0.3, -0.25) is 14.4 Å². The van der Waals surface area contributed by atoms with Gasteiger partial charge in [-0.25, -0.2) is 0 Å². The van der Waals surface area contributed by atoms with Crippen LogP contribution in [0.15, 0.2) is 25.3 Å². The highest BCUT2D eigenvalue weighted by Gasteiger charge is 2.79. The van der Waals surface area contributed by atoms with Crippen LogP contribution in [0, 0.1) is 23.2 Å². The Balaban J connectivity index is 2.18. The Kier molecular flexibility index (Phi) is 9.91. The molecule has 3 aliphatic heterocycles. The molecular formula is C33H54N2O6. The van der Waals surface area contributed by atoms with Crippen LogP contribution in [0.4, 0.5) is 0 Å². The maximum Gasteiger partial charge on any atom is 0.312 e. The SMILES string of the molecule is C=CCCOC(=O)[C@@H]1[C@H]2C(=O)N([C@@H](CO)CC(C)C)C(C(=O)N(CC=C)C(C)(C)CC(C)(C)C)C23CC[C@@]1(CC)O3. The minimum atomic E-state index is -1.17. The van der Waals surface area contributed by atoms with Crippen molar-refractivity contribution in [3.8, 4) is 0 Å². The minimum absolute atomic E-state index is 0.0602. The maximum absolute atomic E-state index is 14.9. The van der Waals surface area contributed by atoms with Crippen molar-refractivity contribution in [2.24, 2.45) is 23.2 Å². The van der Waals surface area contributed by atoms with Crippen LogP contribution in [0.5, 0.6) is 0 Å². The van der Waals surface area contributed by atoms with Crippen LogP contribution in [0.3, 0.4) is 0 Å². The fourth-order valence-corrected chi connectivity index (χ4v) is 8.15.